The smallest absolute Gasteiger partial charge is 0.254 e. The summed E-state index contributed by atoms with van der Waals surface area (Å²) in [6.07, 6.45) is 0. The van der Waals surface area contributed by atoms with Gasteiger partial charge in [-0.1, -0.05) is 17.7 Å². The molecule has 0 radical (unpaired) electrons. The van der Waals surface area contributed by atoms with E-state index in [9.17, 15) is 4.79 Å². The van der Waals surface area contributed by atoms with E-state index in [2.05, 4.69) is 10.2 Å². The Bertz CT molecular complexity index is 508. The predicted molar refractivity (Wildman–Crippen MR) is 80.3 cm³/mol. The van der Waals surface area contributed by atoms with E-state index in [1.165, 1.54) is 0 Å². The first kappa shape index (κ1) is 13.9. The Hall–Kier alpha value is -1.10. The fraction of sp³-hybridized carbons (Fsp3) is 0.533. The summed E-state index contributed by atoms with van der Waals surface area (Å²) in [6.45, 7) is 7.68. The molecular weight excluding hydrogens is 274 g/mol. The van der Waals surface area contributed by atoms with Crippen molar-refractivity contribution < 1.29 is 4.79 Å². The van der Waals surface area contributed by atoms with Crippen LogP contribution in [0.1, 0.15) is 15.9 Å². The highest BCUT2D eigenvalue weighted by Crippen LogP contribution is 2.19. The van der Waals surface area contributed by atoms with Gasteiger partial charge in [0.05, 0.1) is 0 Å². The molecule has 0 aliphatic carbocycles. The minimum atomic E-state index is 0.108. The van der Waals surface area contributed by atoms with Crippen LogP contribution in [0, 0.1) is 6.92 Å². The molecule has 108 valence electrons. The number of hydrogen-bond donors (Lipinski definition) is 1. The van der Waals surface area contributed by atoms with E-state index in [4.69, 9.17) is 11.6 Å². The highest BCUT2D eigenvalue weighted by atomic mass is 35.5. The molecule has 1 amide bonds. The number of rotatable bonds is 2. The van der Waals surface area contributed by atoms with Gasteiger partial charge in [0, 0.05) is 55.9 Å². The molecule has 0 unspecified atom stereocenters. The second-order valence-corrected chi connectivity index (χ2v) is 6.04. The Labute approximate surface area is 124 Å². The van der Waals surface area contributed by atoms with Crippen molar-refractivity contribution in [1.82, 2.24) is 15.1 Å². The van der Waals surface area contributed by atoms with Crippen molar-refractivity contribution in [2.24, 2.45) is 0 Å². The third-order valence-electron chi connectivity index (χ3n) is 4.31. The van der Waals surface area contributed by atoms with Crippen LogP contribution in [-0.2, 0) is 0 Å². The number of hydrogen-bond acceptors (Lipinski definition) is 3. The summed E-state index contributed by atoms with van der Waals surface area (Å²) < 4.78 is 0. The summed E-state index contributed by atoms with van der Waals surface area (Å²) in [4.78, 5) is 17.0. The minimum absolute atomic E-state index is 0.108. The molecule has 2 aliphatic rings. The van der Waals surface area contributed by atoms with E-state index in [0.29, 0.717) is 11.1 Å². The van der Waals surface area contributed by atoms with Gasteiger partial charge in [0.15, 0.2) is 0 Å². The molecule has 3 rings (SSSR count). The molecule has 2 aliphatic heterocycles. The average Bonchev–Trinajstić information content (AvgIpc) is 2.40. The van der Waals surface area contributed by atoms with Crippen LogP contribution in [0.2, 0.25) is 5.02 Å². The topological polar surface area (TPSA) is 35.6 Å². The summed E-state index contributed by atoms with van der Waals surface area (Å²) in [5.74, 6) is 0.108. The van der Waals surface area contributed by atoms with Gasteiger partial charge in [0.1, 0.15) is 0 Å². The fourth-order valence-corrected chi connectivity index (χ4v) is 2.99. The molecule has 1 aromatic rings. The van der Waals surface area contributed by atoms with E-state index in [1.54, 1.807) is 6.07 Å². The van der Waals surface area contributed by atoms with Gasteiger partial charge in [-0.05, 0) is 24.6 Å². The van der Waals surface area contributed by atoms with Crippen LogP contribution in [0.5, 0.6) is 0 Å². The predicted octanol–water partition coefficient (Wildman–Crippen LogP) is 1.38. The summed E-state index contributed by atoms with van der Waals surface area (Å²) in [5, 5.41) is 3.92. The lowest BCUT2D eigenvalue weighted by molar-refractivity contribution is 0.0501. The van der Waals surface area contributed by atoms with Gasteiger partial charge in [0.25, 0.3) is 5.91 Å². The van der Waals surface area contributed by atoms with Gasteiger partial charge in [-0.15, -0.1) is 0 Å². The van der Waals surface area contributed by atoms with Crippen LogP contribution in [0.4, 0.5) is 0 Å². The van der Waals surface area contributed by atoms with Gasteiger partial charge in [-0.25, -0.2) is 0 Å². The number of piperazine rings is 1. The minimum Gasteiger partial charge on any atom is -0.336 e. The van der Waals surface area contributed by atoms with E-state index < -0.39 is 0 Å². The Morgan fingerprint density at radius 1 is 1.25 bits per heavy atom. The Kier molecular flexibility index (Phi) is 3.96. The van der Waals surface area contributed by atoms with Crippen LogP contribution in [0.15, 0.2) is 18.2 Å². The zero-order valence-electron chi connectivity index (χ0n) is 11.7. The van der Waals surface area contributed by atoms with Gasteiger partial charge in [-0.2, -0.15) is 0 Å². The lowest BCUT2D eigenvalue weighted by atomic mass is 10.1. The molecule has 1 aromatic carbocycles. The second kappa shape index (κ2) is 5.72. The Morgan fingerprint density at radius 3 is 2.55 bits per heavy atom. The van der Waals surface area contributed by atoms with Crippen molar-refractivity contribution >= 4 is 17.5 Å². The molecular formula is C15H20ClN3O. The van der Waals surface area contributed by atoms with Crippen LogP contribution < -0.4 is 5.32 Å². The molecule has 0 saturated carbocycles. The number of aryl methyl sites for hydroxylation is 1. The highest BCUT2D eigenvalue weighted by molar-refractivity contribution is 6.31. The van der Waals surface area contributed by atoms with Crippen molar-refractivity contribution in [2.75, 3.05) is 39.3 Å². The van der Waals surface area contributed by atoms with E-state index in [1.807, 2.05) is 24.0 Å². The molecule has 1 N–H and O–H groups in total. The van der Waals surface area contributed by atoms with Crippen molar-refractivity contribution in [1.29, 1.82) is 0 Å². The lowest BCUT2D eigenvalue weighted by Gasteiger charge is -2.43. The normalized spacial score (nSPS) is 20.8. The summed E-state index contributed by atoms with van der Waals surface area (Å²) in [7, 11) is 0. The average molecular weight is 294 g/mol. The molecule has 4 nitrogen and oxygen atoms in total. The maximum atomic E-state index is 12.6. The largest absolute Gasteiger partial charge is 0.336 e. The molecule has 0 atom stereocenters. The SMILES string of the molecule is Cc1ccc(Cl)cc1C(=O)N1CCN(C2CNC2)CC1. The quantitative estimate of drug-likeness (QED) is 0.895. The number of amides is 1. The Balaban J connectivity index is 1.65. The van der Waals surface area contributed by atoms with Gasteiger partial charge >= 0.3 is 0 Å². The first-order chi connectivity index (χ1) is 9.65. The molecule has 20 heavy (non-hydrogen) atoms. The van der Waals surface area contributed by atoms with E-state index in [0.717, 1.165) is 50.4 Å². The zero-order valence-corrected chi connectivity index (χ0v) is 12.5. The number of nitrogens with zero attached hydrogens (tertiary/aromatic N) is 2. The first-order valence-electron chi connectivity index (χ1n) is 7.15. The monoisotopic (exact) mass is 293 g/mol. The molecule has 0 aromatic heterocycles. The molecule has 2 heterocycles. The van der Waals surface area contributed by atoms with Crippen LogP contribution in [0.25, 0.3) is 0 Å². The molecule has 5 heteroatoms. The summed E-state index contributed by atoms with van der Waals surface area (Å²) in [5.41, 5.74) is 1.72. The van der Waals surface area contributed by atoms with Crippen molar-refractivity contribution in [3.05, 3.63) is 34.3 Å². The third kappa shape index (κ3) is 2.68. The Morgan fingerprint density at radius 2 is 1.95 bits per heavy atom. The molecule has 0 spiro atoms. The zero-order chi connectivity index (χ0) is 14.1. The molecule has 0 bridgehead atoms. The summed E-state index contributed by atoms with van der Waals surface area (Å²) in [6, 6.07) is 6.18. The third-order valence-corrected chi connectivity index (χ3v) is 4.54. The van der Waals surface area contributed by atoms with Crippen LogP contribution in [0.3, 0.4) is 0 Å². The maximum absolute atomic E-state index is 12.6. The number of carbonyl (C=O) groups excluding carboxylic acids is 1. The van der Waals surface area contributed by atoms with Gasteiger partial charge in [0.2, 0.25) is 0 Å². The number of carbonyl (C=O) groups is 1. The molecule has 2 fully saturated rings. The van der Waals surface area contributed by atoms with Crippen LogP contribution >= 0.6 is 11.6 Å². The lowest BCUT2D eigenvalue weighted by Crippen LogP contribution is -2.62. The number of nitrogens with one attached hydrogen (secondary N) is 1. The number of benzene rings is 1. The highest BCUT2D eigenvalue weighted by Gasteiger charge is 2.29. The van der Waals surface area contributed by atoms with Crippen molar-refractivity contribution in [3.8, 4) is 0 Å². The first-order valence-corrected chi connectivity index (χ1v) is 7.53. The van der Waals surface area contributed by atoms with Crippen molar-refractivity contribution in [3.63, 3.8) is 0 Å². The molecule has 2 saturated heterocycles. The van der Waals surface area contributed by atoms with E-state index >= 15 is 0 Å². The fourth-order valence-electron chi connectivity index (χ4n) is 2.82. The van der Waals surface area contributed by atoms with Gasteiger partial charge < -0.3 is 10.2 Å². The second-order valence-electron chi connectivity index (χ2n) is 5.60. The standard InChI is InChI=1S/C15H20ClN3O/c1-11-2-3-12(16)8-14(11)15(20)19-6-4-18(5-7-19)13-9-17-10-13/h2-3,8,13,17H,4-7,9-10H2,1H3. The van der Waals surface area contributed by atoms with Crippen LogP contribution in [-0.4, -0.2) is 61.0 Å². The van der Waals surface area contributed by atoms with E-state index in [-0.39, 0.29) is 5.91 Å². The number of halogens is 1. The maximum Gasteiger partial charge on any atom is 0.254 e. The van der Waals surface area contributed by atoms with Gasteiger partial charge in [-0.3, -0.25) is 9.69 Å². The van der Waals surface area contributed by atoms with Crippen molar-refractivity contribution in [2.45, 2.75) is 13.0 Å². The summed E-state index contributed by atoms with van der Waals surface area (Å²) >= 11 is 6.01.